The normalized spacial score (nSPS) is 29.3. The number of aryl methyl sites for hydroxylation is 2. The predicted octanol–water partition coefficient (Wildman–Crippen LogP) is 3.56. The second-order valence-electron chi connectivity index (χ2n) is 9.59. The summed E-state index contributed by atoms with van der Waals surface area (Å²) in [5.41, 5.74) is 0.994. The van der Waals surface area contributed by atoms with Crippen LogP contribution in [-0.4, -0.2) is 30.4 Å². The molecule has 0 atom stereocenters. The molecule has 4 aliphatic rings. The van der Waals surface area contributed by atoms with Gasteiger partial charge in [-0.25, -0.2) is 0 Å². The van der Waals surface area contributed by atoms with Crippen molar-refractivity contribution in [3.63, 3.8) is 0 Å². The van der Waals surface area contributed by atoms with Gasteiger partial charge in [0.25, 0.3) is 0 Å². The Morgan fingerprint density at radius 3 is 2.40 bits per heavy atom. The van der Waals surface area contributed by atoms with E-state index in [4.69, 9.17) is 5.10 Å². The Morgan fingerprint density at radius 1 is 1.20 bits per heavy atom. The number of nitrogens with zero attached hydrogens (tertiary/aromatic N) is 5. The van der Waals surface area contributed by atoms with Gasteiger partial charge in [0, 0.05) is 18.7 Å². The summed E-state index contributed by atoms with van der Waals surface area (Å²) < 4.78 is 3.65. The molecule has 30 heavy (non-hydrogen) atoms. The number of hydrogen-bond acceptors (Lipinski definition) is 5. The van der Waals surface area contributed by atoms with Crippen molar-refractivity contribution in [3.05, 3.63) is 33.8 Å². The van der Waals surface area contributed by atoms with Gasteiger partial charge in [0.15, 0.2) is 5.82 Å². The molecule has 4 bridgehead atoms. The van der Waals surface area contributed by atoms with Gasteiger partial charge in [-0.3, -0.25) is 24.3 Å². The van der Waals surface area contributed by atoms with Gasteiger partial charge in [-0.1, -0.05) is 0 Å². The first-order chi connectivity index (χ1) is 14.3. The molecule has 4 fully saturated rings. The second-order valence-corrected chi connectivity index (χ2v) is 9.59. The fourth-order valence-corrected chi connectivity index (χ4v) is 6.58. The van der Waals surface area contributed by atoms with E-state index < -0.39 is 4.92 Å². The van der Waals surface area contributed by atoms with Crippen molar-refractivity contribution in [1.29, 1.82) is 0 Å². The Balaban J connectivity index is 1.23. The Morgan fingerprint density at radius 2 is 1.83 bits per heavy atom. The third-order valence-corrected chi connectivity index (χ3v) is 7.43. The quantitative estimate of drug-likeness (QED) is 0.576. The lowest BCUT2D eigenvalue weighted by molar-refractivity contribution is -0.386. The van der Waals surface area contributed by atoms with Crippen LogP contribution in [0, 0.1) is 41.7 Å². The summed E-state index contributed by atoms with van der Waals surface area (Å²) in [6.45, 7) is 3.56. The first kappa shape index (κ1) is 19.3. The third kappa shape index (κ3) is 3.20. The number of nitrogens with one attached hydrogen (secondary N) is 1. The van der Waals surface area contributed by atoms with Crippen LogP contribution in [-0.2, 0) is 16.9 Å². The van der Waals surface area contributed by atoms with Gasteiger partial charge in [0.2, 0.25) is 5.91 Å². The van der Waals surface area contributed by atoms with Gasteiger partial charge < -0.3 is 5.32 Å². The molecule has 2 heterocycles. The zero-order valence-electron chi connectivity index (χ0n) is 17.5. The van der Waals surface area contributed by atoms with E-state index in [2.05, 4.69) is 15.1 Å². The van der Waals surface area contributed by atoms with E-state index in [0.717, 1.165) is 17.8 Å². The number of hydrogen-bond donors (Lipinski definition) is 1. The highest BCUT2D eigenvalue weighted by atomic mass is 16.6. The zero-order chi connectivity index (χ0) is 21.0. The lowest BCUT2D eigenvalue weighted by Crippen LogP contribution is -2.52. The molecule has 0 aromatic carbocycles. The average molecular weight is 412 g/mol. The molecule has 1 N–H and O–H groups in total. The number of aromatic nitrogens is 4. The number of carbonyl (C=O) groups is 1. The van der Waals surface area contributed by atoms with Crippen molar-refractivity contribution in [2.24, 2.45) is 17.8 Å². The summed E-state index contributed by atoms with van der Waals surface area (Å²) in [6, 6.07) is 1.88. The topological polar surface area (TPSA) is 108 Å². The minimum Gasteiger partial charge on any atom is -0.309 e. The Hall–Kier alpha value is -2.71. The maximum Gasteiger partial charge on any atom is 0.312 e. The van der Waals surface area contributed by atoms with Crippen LogP contribution in [0.25, 0.3) is 0 Å². The molecule has 2 aromatic heterocycles. The predicted molar refractivity (Wildman–Crippen MR) is 110 cm³/mol. The Kier molecular flexibility index (Phi) is 4.44. The number of nitro groups is 1. The van der Waals surface area contributed by atoms with Crippen molar-refractivity contribution in [1.82, 2.24) is 19.6 Å². The molecule has 1 amide bonds. The average Bonchev–Trinajstić information content (AvgIpc) is 3.23. The highest BCUT2D eigenvalue weighted by molar-refractivity contribution is 5.89. The van der Waals surface area contributed by atoms with Crippen LogP contribution in [0.1, 0.15) is 56.3 Å². The molecule has 0 saturated heterocycles. The molecule has 4 aliphatic carbocycles. The maximum absolute atomic E-state index is 12.4. The van der Waals surface area contributed by atoms with Crippen LogP contribution in [0.5, 0.6) is 0 Å². The smallest absolute Gasteiger partial charge is 0.309 e. The lowest BCUT2D eigenvalue weighted by atomic mass is 9.53. The van der Waals surface area contributed by atoms with Crippen LogP contribution in [0.2, 0.25) is 0 Å². The van der Waals surface area contributed by atoms with Crippen molar-refractivity contribution in [2.75, 3.05) is 5.32 Å². The van der Waals surface area contributed by atoms with Crippen molar-refractivity contribution in [2.45, 2.75) is 70.9 Å². The zero-order valence-corrected chi connectivity index (χ0v) is 17.5. The second kappa shape index (κ2) is 6.92. The third-order valence-electron chi connectivity index (χ3n) is 7.43. The fourth-order valence-electron chi connectivity index (χ4n) is 6.58. The van der Waals surface area contributed by atoms with Crippen molar-refractivity contribution < 1.29 is 9.72 Å². The molecule has 9 heteroatoms. The molecular formula is C21H28N6O3. The summed E-state index contributed by atoms with van der Waals surface area (Å²) in [7, 11) is 0. The molecular weight excluding hydrogens is 384 g/mol. The van der Waals surface area contributed by atoms with E-state index in [1.54, 1.807) is 13.8 Å². The lowest BCUT2D eigenvalue weighted by Gasteiger charge is -2.56. The van der Waals surface area contributed by atoms with E-state index in [1.165, 1.54) is 43.2 Å². The van der Waals surface area contributed by atoms with E-state index in [1.807, 2.05) is 12.3 Å². The summed E-state index contributed by atoms with van der Waals surface area (Å²) >= 11 is 0. The summed E-state index contributed by atoms with van der Waals surface area (Å²) in [6.07, 6.45) is 9.99. The first-order valence-electron chi connectivity index (χ1n) is 10.9. The SMILES string of the molecule is Cc1nn(CCC(=O)Nc2ccn(C34CC5CC(CC(C5)C3)C4)n2)c(C)c1[N+](=O)[O-]. The van der Waals surface area contributed by atoms with Gasteiger partial charge in [-0.15, -0.1) is 0 Å². The molecule has 0 spiro atoms. The van der Waals surface area contributed by atoms with Gasteiger partial charge in [-0.05, 0) is 70.1 Å². The van der Waals surface area contributed by atoms with Gasteiger partial charge in [0.05, 0.1) is 17.0 Å². The van der Waals surface area contributed by atoms with E-state index in [9.17, 15) is 14.9 Å². The van der Waals surface area contributed by atoms with Crippen LogP contribution in [0.4, 0.5) is 11.5 Å². The van der Waals surface area contributed by atoms with Crippen LogP contribution < -0.4 is 5.32 Å². The number of amides is 1. The van der Waals surface area contributed by atoms with Gasteiger partial charge in [-0.2, -0.15) is 10.2 Å². The molecule has 0 radical (unpaired) electrons. The minimum absolute atomic E-state index is 0.0183. The summed E-state index contributed by atoms with van der Waals surface area (Å²) in [4.78, 5) is 23.1. The first-order valence-corrected chi connectivity index (χ1v) is 10.9. The van der Waals surface area contributed by atoms with Crippen LogP contribution >= 0.6 is 0 Å². The molecule has 160 valence electrons. The monoisotopic (exact) mass is 412 g/mol. The van der Waals surface area contributed by atoms with Crippen LogP contribution in [0.3, 0.4) is 0 Å². The molecule has 0 aliphatic heterocycles. The van der Waals surface area contributed by atoms with Gasteiger partial charge in [0.1, 0.15) is 11.4 Å². The van der Waals surface area contributed by atoms with E-state index in [-0.39, 0.29) is 23.6 Å². The highest BCUT2D eigenvalue weighted by Gasteiger charge is 2.52. The maximum atomic E-state index is 12.4. The Bertz CT molecular complexity index is 971. The van der Waals surface area contributed by atoms with E-state index >= 15 is 0 Å². The van der Waals surface area contributed by atoms with Crippen molar-refractivity contribution in [3.8, 4) is 0 Å². The summed E-state index contributed by atoms with van der Waals surface area (Å²) in [5.74, 6) is 2.92. The Labute approximate surface area is 175 Å². The number of anilines is 1. The molecule has 2 aromatic rings. The largest absolute Gasteiger partial charge is 0.312 e. The van der Waals surface area contributed by atoms with Gasteiger partial charge >= 0.3 is 5.69 Å². The molecule has 4 saturated carbocycles. The number of rotatable bonds is 6. The fraction of sp³-hybridized carbons (Fsp3) is 0.667. The molecule has 6 rings (SSSR count). The minimum atomic E-state index is -0.425. The molecule has 0 unspecified atom stereocenters. The van der Waals surface area contributed by atoms with Crippen molar-refractivity contribution >= 4 is 17.4 Å². The standard InChI is InChI=1S/C21H28N6O3/c1-13-20(27(29)30)14(2)25(23-13)5-4-19(28)22-18-3-6-26(24-18)21-10-15-7-16(11-21)9-17(8-15)12-21/h3,6,15-17H,4-5,7-12H2,1-2H3,(H,22,24,28). The van der Waals surface area contributed by atoms with Crippen LogP contribution in [0.15, 0.2) is 12.3 Å². The van der Waals surface area contributed by atoms with E-state index in [0.29, 0.717) is 23.8 Å². The molecule has 9 nitrogen and oxygen atoms in total. The highest BCUT2D eigenvalue weighted by Crippen LogP contribution is 2.58. The summed E-state index contributed by atoms with van der Waals surface area (Å²) in [5, 5.41) is 22.9. The number of carbonyl (C=O) groups excluding carboxylic acids is 1.